The monoisotopic (exact) mass is 510 g/mol. The topological polar surface area (TPSA) is 108 Å². The molecule has 1 aliphatic rings. The van der Waals surface area contributed by atoms with Crippen molar-refractivity contribution < 1.29 is 19.4 Å². The molecule has 0 aliphatic carbocycles. The van der Waals surface area contributed by atoms with Crippen LogP contribution in [0.1, 0.15) is 45.2 Å². The molecule has 0 amide bonds. The Hall–Kier alpha value is -3.01. The van der Waals surface area contributed by atoms with Gasteiger partial charge in [0.25, 0.3) is 5.56 Å². The van der Waals surface area contributed by atoms with Gasteiger partial charge in [-0.25, -0.2) is 4.98 Å². The van der Waals surface area contributed by atoms with Gasteiger partial charge in [-0.1, -0.05) is 6.07 Å². The van der Waals surface area contributed by atoms with Crippen molar-refractivity contribution in [2.24, 2.45) is 13.0 Å². The van der Waals surface area contributed by atoms with Crippen LogP contribution in [0.4, 0.5) is 0 Å². The van der Waals surface area contributed by atoms with Gasteiger partial charge in [0.2, 0.25) is 0 Å². The number of carbonyl (C=O) groups excluding carboxylic acids is 1. The summed E-state index contributed by atoms with van der Waals surface area (Å²) in [5.41, 5.74) is 3.63. The van der Waals surface area contributed by atoms with E-state index in [2.05, 4.69) is 9.88 Å². The maximum absolute atomic E-state index is 12.6. The third-order valence-corrected chi connectivity index (χ3v) is 6.57. The van der Waals surface area contributed by atoms with Crippen LogP contribution in [0.3, 0.4) is 0 Å². The number of carbonyl (C=O) groups is 1. The molecular formula is C28H38N4O5. The van der Waals surface area contributed by atoms with Gasteiger partial charge in [-0.05, 0) is 64.8 Å². The van der Waals surface area contributed by atoms with Crippen LogP contribution in [0.15, 0.2) is 35.3 Å². The van der Waals surface area contributed by atoms with Gasteiger partial charge >= 0.3 is 5.97 Å². The number of imidazole rings is 1. The molecule has 0 bridgehead atoms. The Morgan fingerprint density at radius 3 is 2.70 bits per heavy atom. The molecule has 3 aromatic rings. The lowest BCUT2D eigenvalue weighted by atomic mass is 10.1. The van der Waals surface area contributed by atoms with Crippen LogP contribution in [0, 0.1) is 12.8 Å². The Balaban J connectivity index is 1.66. The van der Waals surface area contributed by atoms with Crippen molar-refractivity contribution in [3.8, 4) is 11.4 Å². The molecule has 2 N–H and O–H groups in total. The van der Waals surface area contributed by atoms with Crippen LogP contribution in [0.25, 0.3) is 22.4 Å². The maximum atomic E-state index is 12.6. The average Bonchev–Trinajstić information content (AvgIpc) is 3.44. The smallest absolute Gasteiger partial charge is 0.326 e. The minimum atomic E-state index is -0.911. The molecule has 9 heteroatoms. The van der Waals surface area contributed by atoms with Gasteiger partial charge in [-0.3, -0.25) is 14.9 Å². The fourth-order valence-electron chi connectivity index (χ4n) is 4.72. The van der Waals surface area contributed by atoms with Crippen LogP contribution in [-0.2, 0) is 34.4 Å². The lowest BCUT2D eigenvalue weighted by Gasteiger charge is -2.26. The highest BCUT2D eigenvalue weighted by Crippen LogP contribution is 2.28. The van der Waals surface area contributed by atoms with E-state index < -0.39 is 23.7 Å². The Bertz CT molecular complexity index is 1300. The van der Waals surface area contributed by atoms with Crippen molar-refractivity contribution in [2.75, 3.05) is 13.2 Å². The van der Waals surface area contributed by atoms with Crippen molar-refractivity contribution in [2.45, 2.75) is 71.9 Å². The number of fused-ring (bicyclic) bond motifs is 1. The summed E-state index contributed by atoms with van der Waals surface area (Å²) in [5.74, 6) is 0.715. The standard InChI is InChI=1S/C28H38N4O5/c1-17-11-21(15-31(6)26(17)34)25-30-22-12-19(7-8-23(22)32(25)14-20-9-10-36-16-20)13-29-24(18(2)33)27(35)37-28(3,4)5/h7-8,11-12,15,18,20,24,29,33H,9-10,13-14,16H2,1-6H3/t18-,20-,24+/m1/s1. The van der Waals surface area contributed by atoms with E-state index in [4.69, 9.17) is 14.5 Å². The zero-order valence-electron chi connectivity index (χ0n) is 22.6. The van der Waals surface area contributed by atoms with E-state index in [1.165, 1.54) is 0 Å². The average molecular weight is 511 g/mol. The van der Waals surface area contributed by atoms with Crippen molar-refractivity contribution >= 4 is 17.0 Å². The number of aliphatic hydroxyl groups is 1. The number of pyridine rings is 1. The first-order chi connectivity index (χ1) is 17.4. The van der Waals surface area contributed by atoms with Gasteiger partial charge in [-0.15, -0.1) is 0 Å². The molecule has 9 nitrogen and oxygen atoms in total. The quantitative estimate of drug-likeness (QED) is 0.449. The molecule has 0 spiro atoms. The normalized spacial score (nSPS) is 17.8. The highest BCUT2D eigenvalue weighted by molar-refractivity contribution is 5.81. The minimum Gasteiger partial charge on any atom is -0.459 e. The second-order valence-corrected chi connectivity index (χ2v) is 11.1. The van der Waals surface area contributed by atoms with Gasteiger partial charge in [0.1, 0.15) is 17.5 Å². The minimum absolute atomic E-state index is 0.0263. The van der Waals surface area contributed by atoms with Gasteiger partial charge < -0.3 is 23.7 Å². The summed E-state index contributed by atoms with van der Waals surface area (Å²) in [6, 6.07) is 7.08. The third kappa shape index (κ3) is 6.29. The van der Waals surface area contributed by atoms with E-state index in [0.717, 1.165) is 54.2 Å². The van der Waals surface area contributed by atoms with Gasteiger partial charge in [0.15, 0.2) is 0 Å². The number of nitrogens with one attached hydrogen (secondary N) is 1. The number of hydrogen-bond acceptors (Lipinski definition) is 7. The molecule has 0 radical (unpaired) electrons. The van der Waals surface area contributed by atoms with E-state index in [1.807, 2.05) is 37.4 Å². The second kappa shape index (κ2) is 10.8. The number of aryl methyl sites for hydroxylation is 2. The third-order valence-electron chi connectivity index (χ3n) is 6.57. The van der Waals surface area contributed by atoms with E-state index >= 15 is 0 Å². The molecule has 1 saturated heterocycles. The Morgan fingerprint density at radius 1 is 1.32 bits per heavy atom. The predicted octanol–water partition coefficient (Wildman–Crippen LogP) is 2.93. The van der Waals surface area contributed by atoms with Crippen LogP contribution >= 0.6 is 0 Å². The lowest BCUT2D eigenvalue weighted by Crippen LogP contribution is -2.47. The summed E-state index contributed by atoms with van der Waals surface area (Å²) in [5, 5.41) is 13.3. The largest absolute Gasteiger partial charge is 0.459 e. The number of esters is 1. The fourth-order valence-corrected chi connectivity index (χ4v) is 4.72. The first-order valence-corrected chi connectivity index (χ1v) is 12.8. The van der Waals surface area contributed by atoms with Crippen molar-refractivity contribution in [1.82, 2.24) is 19.4 Å². The lowest BCUT2D eigenvalue weighted by molar-refractivity contribution is -0.160. The van der Waals surface area contributed by atoms with Crippen LogP contribution < -0.4 is 10.9 Å². The number of hydrogen-bond donors (Lipinski definition) is 2. The summed E-state index contributed by atoms with van der Waals surface area (Å²) in [6.07, 6.45) is 1.92. The van der Waals surface area contributed by atoms with Crippen molar-refractivity contribution in [1.29, 1.82) is 0 Å². The Morgan fingerprint density at radius 2 is 2.08 bits per heavy atom. The summed E-state index contributed by atoms with van der Waals surface area (Å²) in [4.78, 5) is 29.9. The molecule has 4 rings (SSSR count). The Labute approximate surface area is 217 Å². The van der Waals surface area contributed by atoms with E-state index in [1.54, 1.807) is 39.3 Å². The summed E-state index contributed by atoms with van der Waals surface area (Å²) >= 11 is 0. The molecule has 0 unspecified atom stereocenters. The molecule has 3 atom stereocenters. The van der Waals surface area contributed by atoms with Crippen molar-refractivity contribution in [3.05, 3.63) is 51.9 Å². The molecule has 37 heavy (non-hydrogen) atoms. The second-order valence-electron chi connectivity index (χ2n) is 11.1. The highest BCUT2D eigenvalue weighted by atomic mass is 16.6. The summed E-state index contributed by atoms with van der Waals surface area (Å²) in [7, 11) is 1.75. The molecule has 2 aromatic heterocycles. The van der Waals surface area contributed by atoms with Crippen LogP contribution in [-0.4, -0.2) is 56.2 Å². The maximum Gasteiger partial charge on any atom is 0.326 e. The number of ether oxygens (including phenoxy) is 2. The zero-order chi connectivity index (χ0) is 26.9. The molecule has 200 valence electrons. The molecular weight excluding hydrogens is 472 g/mol. The van der Waals surface area contributed by atoms with E-state index in [-0.39, 0.29) is 5.56 Å². The highest BCUT2D eigenvalue weighted by Gasteiger charge is 2.28. The number of nitrogens with zero attached hydrogens (tertiary/aromatic N) is 3. The predicted molar refractivity (Wildman–Crippen MR) is 142 cm³/mol. The number of benzene rings is 1. The van der Waals surface area contributed by atoms with E-state index in [9.17, 15) is 14.7 Å². The first-order valence-electron chi connectivity index (χ1n) is 12.8. The molecule has 1 aliphatic heterocycles. The van der Waals surface area contributed by atoms with Crippen molar-refractivity contribution in [3.63, 3.8) is 0 Å². The molecule has 1 fully saturated rings. The molecule has 3 heterocycles. The zero-order valence-corrected chi connectivity index (χ0v) is 22.6. The number of aliphatic hydroxyl groups excluding tert-OH is 1. The van der Waals surface area contributed by atoms with Gasteiger partial charge in [-0.2, -0.15) is 0 Å². The first kappa shape index (κ1) is 27.0. The summed E-state index contributed by atoms with van der Waals surface area (Å²) < 4.78 is 14.9. The van der Waals surface area contributed by atoms with Gasteiger partial charge in [0, 0.05) is 50.0 Å². The molecule has 1 aromatic carbocycles. The SMILES string of the molecule is Cc1cc(-c2nc3cc(CN[C@H](C(=O)OC(C)(C)C)[C@@H](C)O)ccc3n2C[C@H]2CCOC2)cn(C)c1=O. The summed E-state index contributed by atoms with van der Waals surface area (Å²) in [6.45, 7) is 11.4. The van der Waals surface area contributed by atoms with E-state index in [0.29, 0.717) is 18.0 Å². The van der Waals surface area contributed by atoms with Crippen LogP contribution in [0.5, 0.6) is 0 Å². The molecule has 0 saturated carbocycles. The number of rotatable bonds is 8. The Kier molecular flexibility index (Phi) is 7.87. The van der Waals surface area contributed by atoms with Gasteiger partial charge in [0.05, 0.1) is 23.7 Å². The number of aromatic nitrogens is 3. The fraction of sp³-hybridized carbons (Fsp3) is 0.536. The van der Waals surface area contributed by atoms with Crippen LogP contribution in [0.2, 0.25) is 0 Å².